The molecule has 26 heavy (non-hydrogen) atoms. The monoisotopic (exact) mass is 374 g/mol. The Labute approximate surface area is 145 Å². The molecule has 0 bridgehead atoms. The van der Waals surface area contributed by atoms with Gasteiger partial charge in [-0.2, -0.15) is 18.2 Å². The van der Waals surface area contributed by atoms with Crippen LogP contribution in [0.15, 0.2) is 27.9 Å². The molecule has 0 aliphatic rings. The summed E-state index contributed by atoms with van der Waals surface area (Å²) in [7, 11) is 0. The maximum absolute atomic E-state index is 14.1. The van der Waals surface area contributed by atoms with Gasteiger partial charge >= 0.3 is 12.1 Å². The molecule has 1 aromatic carbocycles. The highest BCUT2D eigenvalue weighted by molar-refractivity contribution is 5.95. The van der Waals surface area contributed by atoms with E-state index in [0.29, 0.717) is 13.0 Å². The van der Waals surface area contributed by atoms with Crippen LogP contribution in [0.3, 0.4) is 0 Å². The topological polar surface area (TPSA) is 89.6 Å². The maximum atomic E-state index is 14.1. The summed E-state index contributed by atoms with van der Waals surface area (Å²) in [5, 5.41) is 9.22. The minimum absolute atomic E-state index is 0.0536. The molecule has 2 rings (SSSR count). The Bertz CT molecular complexity index is 789. The molecule has 0 aliphatic heterocycles. The molecular weight excluding hydrogens is 360 g/mol. The summed E-state index contributed by atoms with van der Waals surface area (Å²) in [6, 6.07) is 3.20. The molecule has 0 atom stereocenters. The second-order valence-electron chi connectivity index (χ2n) is 4.87. The minimum Gasteiger partial charge on any atom is -0.396 e. The lowest BCUT2D eigenvalue weighted by Gasteiger charge is -2.05. The van der Waals surface area contributed by atoms with E-state index < -0.39 is 29.6 Å². The predicted octanol–water partition coefficient (Wildman–Crippen LogP) is 3.04. The molecule has 1 heterocycles. The first kappa shape index (κ1) is 19.3. The van der Waals surface area contributed by atoms with Crippen molar-refractivity contribution < 1.29 is 31.7 Å². The number of nitrogens with zero attached hydrogens (tertiary/aromatic N) is 3. The quantitative estimate of drug-likeness (QED) is 0.348. The van der Waals surface area contributed by atoms with Crippen molar-refractivity contribution in [1.82, 2.24) is 15.5 Å². The van der Waals surface area contributed by atoms with Crippen LogP contribution in [0.4, 0.5) is 17.6 Å². The predicted molar refractivity (Wildman–Crippen MR) is 81.8 cm³/mol. The van der Waals surface area contributed by atoms with Gasteiger partial charge in [0, 0.05) is 24.7 Å². The van der Waals surface area contributed by atoms with E-state index in [-0.39, 0.29) is 17.7 Å². The molecule has 0 fully saturated rings. The smallest absolute Gasteiger partial charge is 0.396 e. The summed E-state index contributed by atoms with van der Waals surface area (Å²) in [5.41, 5.74) is -0.322. The van der Waals surface area contributed by atoms with Crippen molar-refractivity contribution in [2.45, 2.75) is 19.5 Å². The van der Waals surface area contributed by atoms with Crippen molar-refractivity contribution in [3.8, 4) is 11.4 Å². The molecule has 1 N–H and O–H groups in total. The Morgan fingerprint density at radius 1 is 1.42 bits per heavy atom. The second-order valence-corrected chi connectivity index (χ2v) is 4.87. The number of carbonyl (C=O) groups is 1. The number of rotatable bonds is 7. The van der Waals surface area contributed by atoms with Gasteiger partial charge in [-0.1, -0.05) is 16.4 Å². The van der Waals surface area contributed by atoms with Crippen LogP contribution in [0, 0.1) is 5.82 Å². The number of aromatic nitrogens is 2. The maximum Gasteiger partial charge on any atom is 0.471 e. The lowest BCUT2D eigenvalue weighted by Crippen LogP contribution is -2.25. The standard InChI is InChI=1S/C15H14F4N4O3/c1-2-25-21-7-3-6-20-13(24)10-5-4-9(8-11(10)16)12-22-14(26-23-12)15(17,18)19/h4-5,7-8H,2-3,6H2,1H3,(H,20,24)/b21-7-. The Hall–Kier alpha value is -2.98. The molecule has 1 aromatic heterocycles. The van der Waals surface area contributed by atoms with Crippen LogP contribution in [-0.2, 0) is 11.0 Å². The van der Waals surface area contributed by atoms with E-state index in [1.54, 1.807) is 6.92 Å². The number of hydrogen-bond donors (Lipinski definition) is 1. The first-order valence-electron chi connectivity index (χ1n) is 7.45. The summed E-state index contributed by atoms with van der Waals surface area (Å²) in [5.74, 6) is -3.58. The van der Waals surface area contributed by atoms with Gasteiger partial charge in [-0.25, -0.2) is 4.39 Å². The average Bonchev–Trinajstić information content (AvgIpc) is 3.08. The van der Waals surface area contributed by atoms with E-state index >= 15 is 0 Å². The minimum atomic E-state index is -4.80. The molecule has 0 saturated heterocycles. The van der Waals surface area contributed by atoms with E-state index in [2.05, 4.69) is 25.1 Å². The van der Waals surface area contributed by atoms with Crippen molar-refractivity contribution in [2.75, 3.05) is 13.2 Å². The van der Waals surface area contributed by atoms with Gasteiger partial charge in [0.05, 0.1) is 5.56 Å². The van der Waals surface area contributed by atoms with Gasteiger partial charge in [0.2, 0.25) is 5.82 Å². The lowest BCUT2D eigenvalue weighted by molar-refractivity contribution is -0.159. The van der Waals surface area contributed by atoms with Crippen molar-refractivity contribution in [2.24, 2.45) is 5.16 Å². The largest absolute Gasteiger partial charge is 0.471 e. The second kappa shape index (κ2) is 8.41. The van der Waals surface area contributed by atoms with Crippen LogP contribution in [0.1, 0.15) is 29.6 Å². The van der Waals surface area contributed by atoms with E-state index in [9.17, 15) is 22.4 Å². The molecule has 0 saturated carbocycles. The zero-order chi connectivity index (χ0) is 19.2. The summed E-state index contributed by atoms with van der Waals surface area (Å²) >= 11 is 0. The summed E-state index contributed by atoms with van der Waals surface area (Å²) in [6.07, 6.45) is -2.96. The van der Waals surface area contributed by atoms with Crippen LogP contribution in [0.2, 0.25) is 0 Å². The van der Waals surface area contributed by atoms with Gasteiger partial charge in [0.15, 0.2) is 0 Å². The third kappa shape index (κ3) is 5.01. The molecule has 0 radical (unpaired) electrons. The first-order valence-corrected chi connectivity index (χ1v) is 7.45. The molecule has 140 valence electrons. The van der Waals surface area contributed by atoms with Gasteiger partial charge in [0.1, 0.15) is 12.4 Å². The number of oxime groups is 1. The normalized spacial score (nSPS) is 11.7. The summed E-state index contributed by atoms with van der Waals surface area (Å²) in [4.78, 5) is 19.8. The molecule has 11 heteroatoms. The Morgan fingerprint density at radius 3 is 2.81 bits per heavy atom. The van der Waals surface area contributed by atoms with E-state index in [1.807, 2.05) is 0 Å². The highest BCUT2D eigenvalue weighted by Gasteiger charge is 2.38. The van der Waals surface area contributed by atoms with Crippen LogP contribution >= 0.6 is 0 Å². The first-order chi connectivity index (χ1) is 12.3. The van der Waals surface area contributed by atoms with Gasteiger partial charge in [0.25, 0.3) is 5.91 Å². The Kier molecular flexibility index (Phi) is 6.26. The van der Waals surface area contributed by atoms with Crippen molar-refractivity contribution in [1.29, 1.82) is 0 Å². The number of halogens is 4. The van der Waals surface area contributed by atoms with E-state index in [4.69, 9.17) is 4.84 Å². The van der Waals surface area contributed by atoms with Gasteiger partial charge in [-0.15, -0.1) is 0 Å². The molecule has 1 amide bonds. The fourth-order valence-electron chi connectivity index (χ4n) is 1.82. The highest BCUT2D eigenvalue weighted by atomic mass is 19.4. The molecule has 0 aliphatic carbocycles. The molecule has 2 aromatic rings. The van der Waals surface area contributed by atoms with Crippen LogP contribution < -0.4 is 5.32 Å². The fourth-order valence-corrected chi connectivity index (χ4v) is 1.82. The fraction of sp³-hybridized carbons (Fsp3) is 0.333. The molecular formula is C15H14F4N4O3. The number of amides is 1. The number of nitrogens with one attached hydrogen (secondary N) is 1. The van der Waals surface area contributed by atoms with Crippen molar-refractivity contribution >= 4 is 12.1 Å². The summed E-state index contributed by atoms with van der Waals surface area (Å²) < 4.78 is 55.5. The van der Waals surface area contributed by atoms with Crippen LogP contribution in [0.5, 0.6) is 0 Å². The number of hydrogen-bond acceptors (Lipinski definition) is 6. The SMILES string of the molecule is CCO/N=C\CCNC(=O)c1ccc(-c2noc(C(F)(F)F)n2)cc1F. The number of alkyl halides is 3. The van der Waals surface area contributed by atoms with Gasteiger partial charge in [-0.05, 0) is 19.1 Å². The van der Waals surface area contributed by atoms with Crippen LogP contribution in [0.25, 0.3) is 11.4 Å². The molecule has 0 spiro atoms. The summed E-state index contributed by atoms with van der Waals surface area (Å²) in [6.45, 7) is 2.39. The van der Waals surface area contributed by atoms with Crippen molar-refractivity contribution in [3.05, 3.63) is 35.5 Å². The average molecular weight is 374 g/mol. The lowest BCUT2D eigenvalue weighted by atomic mass is 10.1. The van der Waals surface area contributed by atoms with E-state index in [1.165, 1.54) is 12.3 Å². The third-order valence-corrected chi connectivity index (χ3v) is 2.98. The van der Waals surface area contributed by atoms with Gasteiger partial charge in [-0.3, -0.25) is 4.79 Å². The van der Waals surface area contributed by atoms with Gasteiger partial charge < -0.3 is 14.7 Å². The molecule has 7 nitrogen and oxygen atoms in total. The van der Waals surface area contributed by atoms with E-state index in [0.717, 1.165) is 12.1 Å². The van der Waals surface area contributed by atoms with Crippen LogP contribution in [-0.4, -0.2) is 35.4 Å². The number of benzene rings is 1. The molecule has 0 unspecified atom stereocenters. The zero-order valence-electron chi connectivity index (χ0n) is 13.5. The highest BCUT2D eigenvalue weighted by Crippen LogP contribution is 2.29. The number of carbonyl (C=O) groups excluding carboxylic acids is 1. The van der Waals surface area contributed by atoms with Crippen molar-refractivity contribution in [3.63, 3.8) is 0 Å². The Balaban J connectivity index is 2.02. The zero-order valence-corrected chi connectivity index (χ0v) is 13.5. The Morgan fingerprint density at radius 2 is 2.19 bits per heavy atom. The third-order valence-electron chi connectivity index (χ3n) is 2.98.